The van der Waals surface area contributed by atoms with Gasteiger partial charge >= 0.3 is 0 Å². The molecular weight excluding hydrogens is 298 g/mol. The van der Waals surface area contributed by atoms with Gasteiger partial charge < -0.3 is 9.84 Å². The lowest BCUT2D eigenvalue weighted by Gasteiger charge is -2.07. The molecule has 1 amide bonds. The van der Waals surface area contributed by atoms with Crippen LogP contribution in [0.15, 0.2) is 14.9 Å². The zero-order chi connectivity index (χ0) is 14.5. The van der Waals surface area contributed by atoms with E-state index in [4.69, 9.17) is 4.52 Å². The maximum absolute atomic E-state index is 12.0. The standard InChI is InChI=1S/C11H15N5O2S2/c1-4-12-10-14-15-11(20-10)19-7(3)9(17)13-8-5-6(2)16-18-8/h5,7H,4H2,1-3H3,(H,12,14)(H,13,17). The first-order chi connectivity index (χ1) is 9.58. The van der Waals surface area contributed by atoms with Gasteiger partial charge in [-0.2, -0.15) is 0 Å². The topological polar surface area (TPSA) is 92.9 Å². The lowest BCUT2D eigenvalue weighted by Crippen LogP contribution is -2.22. The van der Waals surface area contributed by atoms with Crippen molar-refractivity contribution in [1.82, 2.24) is 15.4 Å². The molecule has 0 spiro atoms. The number of hydrogen-bond donors (Lipinski definition) is 2. The van der Waals surface area contributed by atoms with E-state index in [1.54, 1.807) is 19.9 Å². The Morgan fingerprint density at radius 3 is 3.00 bits per heavy atom. The molecule has 2 N–H and O–H groups in total. The number of amides is 1. The van der Waals surface area contributed by atoms with Crippen LogP contribution in [0, 0.1) is 6.92 Å². The molecule has 1 atom stereocenters. The normalized spacial score (nSPS) is 12.2. The summed E-state index contributed by atoms with van der Waals surface area (Å²) < 4.78 is 5.69. The number of aryl methyl sites for hydroxylation is 1. The van der Waals surface area contributed by atoms with E-state index in [2.05, 4.69) is 26.0 Å². The number of carbonyl (C=O) groups excluding carboxylic acids is 1. The maximum Gasteiger partial charge on any atom is 0.240 e. The van der Waals surface area contributed by atoms with Gasteiger partial charge in [-0.1, -0.05) is 28.3 Å². The fraction of sp³-hybridized carbons (Fsp3) is 0.455. The summed E-state index contributed by atoms with van der Waals surface area (Å²) in [7, 11) is 0. The van der Waals surface area contributed by atoms with E-state index in [9.17, 15) is 4.79 Å². The quantitative estimate of drug-likeness (QED) is 0.791. The van der Waals surface area contributed by atoms with Crippen LogP contribution >= 0.6 is 23.1 Å². The molecule has 2 aromatic rings. The Hall–Kier alpha value is -1.61. The summed E-state index contributed by atoms with van der Waals surface area (Å²) in [5.41, 5.74) is 0.722. The second kappa shape index (κ2) is 6.71. The molecular formula is C11H15N5O2S2. The van der Waals surface area contributed by atoms with Crippen LogP contribution in [0.25, 0.3) is 0 Å². The highest BCUT2D eigenvalue weighted by Gasteiger charge is 2.18. The molecule has 0 saturated heterocycles. The summed E-state index contributed by atoms with van der Waals surface area (Å²) in [6.45, 7) is 6.38. The highest BCUT2D eigenvalue weighted by atomic mass is 32.2. The van der Waals surface area contributed by atoms with Gasteiger partial charge in [0.2, 0.25) is 16.9 Å². The Morgan fingerprint density at radius 2 is 2.35 bits per heavy atom. The Bertz CT molecular complexity index is 583. The van der Waals surface area contributed by atoms with E-state index in [0.29, 0.717) is 5.88 Å². The van der Waals surface area contributed by atoms with Gasteiger partial charge in [0.25, 0.3) is 0 Å². The molecule has 0 aliphatic carbocycles. The lowest BCUT2D eigenvalue weighted by atomic mass is 10.4. The van der Waals surface area contributed by atoms with E-state index in [-0.39, 0.29) is 11.2 Å². The largest absolute Gasteiger partial charge is 0.360 e. The SMILES string of the molecule is CCNc1nnc(SC(C)C(=O)Nc2cc(C)no2)s1. The Morgan fingerprint density at radius 1 is 1.55 bits per heavy atom. The van der Waals surface area contributed by atoms with Gasteiger partial charge in [0, 0.05) is 12.6 Å². The average Bonchev–Trinajstić information content (AvgIpc) is 2.99. The van der Waals surface area contributed by atoms with Crippen LogP contribution in [0.2, 0.25) is 0 Å². The number of thioether (sulfide) groups is 1. The smallest absolute Gasteiger partial charge is 0.240 e. The van der Waals surface area contributed by atoms with Crippen LogP contribution in [0.1, 0.15) is 19.5 Å². The third kappa shape index (κ3) is 3.94. The van der Waals surface area contributed by atoms with Crippen molar-refractivity contribution in [2.45, 2.75) is 30.4 Å². The van der Waals surface area contributed by atoms with Crippen LogP contribution in [0.4, 0.5) is 11.0 Å². The van der Waals surface area contributed by atoms with Crippen molar-refractivity contribution >= 4 is 40.0 Å². The molecule has 20 heavy (non-hydrogen) atoms. The molecule has 0 bridgehead atoms. The van der Waals surface area contributed by atoms with Crippen molar-refractivity contribution in [2.24, 2.45) is 0 Å². The molecule has 2 heterocycles. The molecule has 7 nitrogen and oxygen atoms in total. The number of nitrogens with zero attached hydrogens (tertiary/aromatic N) is 3. The first-order valence-corrected chi connectivity index (χ1v) is 7.76. The second-order valence-corrected chi connectivity index (χ2v) is 6.55. The summed E-state index contributed by atoms with van der Waals surface area (Å²) in [5.74, 6) is 0.192. The Labute approximate surface area is 124 Å². The third-order valence-electron chi connectivity index (χ3n) is 2.26. The Balaban J connectivity index is 1.89. The van der Waals surface area contributed by atoms with Gasteiger partial charge in [0.15, 0.2) is 4.34 Å². The monoisotopic (exact) mass is 313 g/mol. The predicted molar refractivity (Wildman–Crippen MR) is 79.3 cm³/mol. The van der Waals surface area contributed by atoms with E-state index in [1.165, 1.54) is 23.1 Å². The van der Waals surface area contributed by atoms with Crippen LogP contribution in [-0.4, -0.2) is 33.1 Å². The zero-order valence-corrected chi connectivity index (χ0v) is 13.0. The lowest BCUT2D eigenvalue weighted by molar-refractivity contribution is -0.115. The Kier molecular flexibility index (Phi) is 4.96. The molecule has 0 fully saturated rings. The van der Waals surface area contributed by atoms with Crippen LogP contribution in [0.3, 0.4) is 0 Å². The van der Waals surface area contributed by atoms with Crippen molar-refractivity contribution in [3.8, 4) is 0 Å². The van der Waals surface area contributed by atoms with Crippen LogP contribution in [-0.2, 0) is 4.79 Å². The number of hydrogen-bond acceptors (Lipinski definition) is 8. The van der Waals surface area contributed by atoms with Gasteiger partial charge in [0.05, 0.1) is 10.9 Å². The van der Waals surface area contributed by atoms with Gasteiger partial charge in [-0.15, -0.1) is 10.2 Å². The average molecular weight is 313 g/mol. The van der Waals surface area contributed by atoms with Crippen molar-refractivity contribution in [3.63, 3.8) is 0 Å². The van der Waals surface area contributed by atoms with Gasteiger partial charge in [-0.3, -0.25) is 10.1 Å². The summed E-state index contributed by atoms with van der Waals surface area (Å²) in [6.07, 6.45) is 0. The summed E-state index contributed by atoms with van der Waals surface area (Å²) in [4.78, 5) is 12.0. The number of nitrogens with one attached hydrogen (secondary N) is 2. The van der Waals surface area contributed by atoms with Crippen molar-refractivity contribution in [3.05, 3.63) is 11.8 Å². The van der Waals surface area contributed by atoms with E-state index in [0.717, 1.165) is 21.7 Å². The second-order valence-electron chi connectivity index (χ2n) is 3.99. The number of anilines is 2. The van der Waals surface area contributed by atoms with E-state index >= 15 is 0 Å². The molecule has 2 rings (SSSR count). The highest BCUT2D eigenvalue weighted by molar-refractivity contribution is 8.02. The molecule has 9 heteroatoms. The fourth-order valence-electron chi connectivity index (χ4n) is 1.33. The van der Waals surface area contributed by atoms with Crippen molar-refractivity contribution in [1.29, 1.82) is 0 Å². The number of carbonyl (C=O) groups is 1. The minimum Gasteiger partial charge on any atom is -0.360 e. The summed E-state index contributed by atoms with van der Waals surface area (Å²) in [5, 5.41) is 17.9. The minimum absolute atomic E-state index is 0.161. The van der Waals surface area contributed by atoms with Crippen molar-refractivity contribution < 1.29 is 9.32 Å². The molecule has 0 aliphatic heterocycles. The molecule has 0 saturated carbocycles. The molecule has 1 unspecified atom stereocenters. The van der Waals surface area contributed by atoms with E-state index < -0.39 is 0 Å². The molecule has 2 aromatic heterocycles. The minimum atomic E-state index is -0.303. The van der Waals surface area contributed by atoms with Crippen LogP contribution < -0.4 is 10.6 Å². The molecule has 0 aromatic carbocycles. The summed E-state index contributed by atoms with van der Waals surface area (Å²) in [6, 6.07) is 1.67. The summed E-state index contributed by atoms with van der Waals surface area (Å²) >= 11 is 2.78. The van der Waals surface area contributed by atoms with Crippen molar-refractivity contribution in [2.75, 3.05) is 17.2 Å². The fourth-order valence-corrected chi connectivity index (χ4v) is 3.29. The first-order valence-electron chi connectivity index (χ1n) is 6.06. The van der Waals surface area contributed by atoms with Gasteiger partial charge in [-0.05, 0) is 20.8 Å². The predicted octanol–water partition coefficient (Wildman–Crippen LogP) is 2.39. The number of aromatic nitrogens is 3. The third-order valence-corrected chi connectivity index (χ3v) is 4.32. The maximum atomic E-state index is 12.0. The van der Waals surface area contributed by atoms with E-state index in [1.807, 2.05) is 6.92 Å². The van der Waals surface area contributed by atoms with Crippen LogP contribution in [0.5, 0.6) is 0 Å². The van der Waals surface area contributed by atoms with Gasteiger partial charge in [-0.25, -0.2) is 0 Å². The highest BCUT2D eigenvalue weighted by Crippen LogP contribution is 2.29. The zero-order valence-electron chi connectivity index (χ0n) is 11.3. The number of rotatable bonds is 6. The molecule has 108 valence electrons. The first kappa shape index (κ1) is 14.8. The molecule has 0 radical (unpaired) electrons. The molecule has 0 aliphatic rings. The van der Waals surface area contributed by atoms with Gasteiger partial charge in [0.1, 0.15) is 0 Å².